The molecule has 0 saturated carbocycles. The molecule has 0 aliphatic carbocycles. The molecule has 0 N–H and O–H groups in total. The van der Waals surface area contributed by atoms with Crippen LogP contribution in [0.1, 0.15) is 0 Å². The summed E-state index contributed by atoms with van der Waals surface area (Å²) in [5, 5.41) is 3.90. The van der Waals surface area contributed by atoms with Gasteiger partial charge in [0.1, 0.15) is 12.9 Å². The SMILES string of the molecule is COCCN(C(=O)Cn1ncn(C)c1=O)c1ccccc1. The number of carbonyl (C=O) groups excluding carboxylic acids is 1. The largest absolute Gasteiger partial charge is 0.383 e. The Kier molecular flexibility index (Phi) is 4.89. The number of hydrogen-bond donors (Lipinski definition) is 0. The van der Waals surface area contributed by atoms with Crippen LogP contribution in [-0.4, -0.2) is 40.5 Å². The van der Waals surface area contributed by atoms with E-state index in [9.17, 15) is 9.59 Å². The number of aryl methyl sites for hydroxylation is 1. The summed E-state index contributed by atoms with van der Waals surface area (Å²) in [7, 11) is 3.17. The van der Waals surface area contributed by atoms with E-state index in [1.807, 2.05) is 30.3 Å². The van der Waals surface area contributed by atoms with Crippen LogP contribution in [0.25, 0.3) is 0 Å². The third kappa shape index (κ3) is 3.57. The molecule has 1 aromatic carbocycles. The number of rotatable bonds is 6. The third-order valence-corrected chi connectivity index (χ3v) is 3.06. The molecule has 1 aromatic heterocycles. The molecule has 0 saturated heterocycles. The second kappa shape index (κ2) is 6.85. The predicted molar refractivity (Wildman–Crippen MR) is 78.1 cm³/mol. The molecule has 1 heterocycles. The summed E-state index contributed by atoms with van der Waals surface area (Å²) in [6, 6.07) is 9.28. The predicted octanol–water partition coefficient (Wildman–Crippen LogP) is 0.261. The maximum Gasteiger partial charge on any atom is 0.345 e. The number of carbonyl (C=O) groups is 1. The lowest BCUT2D eigenvalue weighted by atomic mass is 10.3. The number of benzene rings is 1. The zero-order valence-corrected chi connectivity index (χ0v) is 12.1. The number of amides is 1. The van der Waals surface area contributed by atoms with Crippen molar-refractivity contribution in [1.29, 1.82) is 0 Å². The minimum absolute atomic E-state index is 0.0989. The van der Waals surface area contributed by atoms with E-state index >= 15 is 0 Å². The maximum atomic E-state index is 12.4. The summed E-state index contributed by atoms with van der Waals surface area (Å²) in [6.07, 6.45) is 1.39. The summed E-state index contributed by atoms with van der Waals surface area (Å²) >= 11 is 0. The number of anilines is 1. The average Bonchev–Trinajstić information content (AvgIpc) is 2.81. The maximum absolute atomic E-state index is 12.4. The van der Waals surface area contributed by atoms with Crippen molar-refractivity contribution < 1.29 is 9.53 Å². The van der Waals surface area contributed by atoms with Crippen molar-refractivity contribution in [2.45, 2.75) is 6.54 Å². The Morgan fingerprint density at radius 3 is 2.62 bits per heavy atom. The van der Waals surface area contributed by atoms with Gasteiger partial charge in [-0.2, -0.15) is 5.10 Å². The molecule has 0 bridgehead atoms. The lowest BCUT2D eigenvalue weighted by molar-refractivity contribution is -0.119. The molecule has 0 atom stereocenters. The highest BCUT2D eigenvalue weighted by molar-refractivity contribution is 5.93. The van der Waals surface area contributed by atoms with Crippen molar-refractivity contribution in [2.75, 3.05) is 25.2 Å². The van der Waals surface area contributed by atoms with E-state index in [0.29, 0.717) is 13.2 Å². The van der Waals surface area contributed by atoms with Crippen molar-refractivity contribution in [1.82, 2.24) is 14.3 Å². The van der Waals surface area contributed by atoms with Gasteiger partial charge in [0.2, 0.25) is 5.91 Å². The Labute approximate surface area is 122 Å². The van der Waals surface area contributed by atoms with Gasteiger partial charge in [0, 0.05) is 26.4 Å². The Morgan fingerprint density at radius 2 is 2.05 bits per heavy atom. The number of aromatic nitrogens is 3. The molecule has 0 radical (unpaired) electrons. The zero-order valence-electron chi connectivity index (χ0n) is 12.1. The van der Waals surface area contributed by atoms with Gasteiger partial charge < -0.3 is 9.64 Å². The van der Waals surface area contributed by atoms with Crippen LogP contribution in [-0.2, 0) is 23.1 Å². The van der Waals surface area contributed by atoms with Crippen molar-refractivity contribution in [3.63, 3.8) is 0 Å². The smallest absolute Gasteiger partial charge is 0.345 e. The summed E-state index contributed by atoms with van der Waals surface area (Å²) in [5.41, 5.74) is 0.451. The van der Waals surface area contributed by atoms with Crippen molar-refractivity contribution >= 4 is 11.6 Å². The molecular formula is C14H18N4O3. The second-order valence-corrected chi connectivity index (χ2v) is 4.56. The second-order valence-electron chi connectivity index (χ2n) is 4.56. The molecule has 0 aliphatic rings. The fraction of sp³-hybridized carbons (Fsp3) is 0.357. The van der Waals surface area contributed by atoms with Gasteiger partial charge >= 0.3 is 5.69 Å². The zero-order chi connectivity index (χ0) is 15.2. The van der Waals surface area contributed by atoms with Gasteiger partial charge in [0.25, 0.3) is 0 Å². The van der Waals surface area contributed by atoms with E-state index in [4.69, 9.17) is 4.74 Å². The van der Waals surface area contributed by atoms with Crippen molar-refractivity contribution in [3.8, 4) is 0 Å². The summed E-state index contributed by atoms with van der Waals surface area (Å²) in [6.45, 7) is 0.733. The first-order chi connectivity index (χ1) is 10.1. The molecule has 0 aliphatic heterocycles. The number of para-hydroxylation sites is 1. The van der Waals surface area contributed by atoms with Crippen molar-refractivity contribution in [2.24, 2.45) is 7.05 Å². The van der Waals surface area contributed by atoms with E-state index in [1.54, 1.807) is 19.1 Å². The minimum atomic E-state index is -0.317. The lowest BCUT2D eigenvalue weighted by Gasteiger charge is -2.22. The average molecular weight is 290 g/mol. The Balaban J connectivity index is 2.18. The highest BCUT2D eigenvalue weighted by Crippen LogP contribution is 2.13. The number of hydrogen-bond acceptors (Lipinski definition) is 4. The van der Waals surface area contributed by atoms with Crippen LogP contribution >= 0.6 is 0 Å². The highest BCUT2D eigenvalue weighted by atomic mass is 16.5. The molecule has 0 unspecified atom stereocenters. The quantitative estimate of drug-likeness (QED) is 0.765. The molecule has 2 rings (SSSR count). The number of ether oxygens (including phenoxy) is 1. The highest BCUT2D eigenvalue weighted by Gasteiger charge is 2.17. The number of methoxy groups -OCH3 is 1. The molecule has 0 spiro atoms. The Hall–Kier alpha value is -2.41. The third-order valence-electron chi connectivity index (χ3n) is 3.06. The fourth-order valence-corrected chi connectivity index (χ4v) is 1.93. The van der Waals surface area contributed by atoms with Crippen LogP contribution in [0.4, 0.5) is 5.69 Å². The van der Waals surface area contributed by atoms with Gasteiger partial charge in [-0.1, -0.05) is 18.2 Å². The van der Waals surface area contributed by atoms with Crippen LogP contribution in [0.15, 0.2) is 41.5 Å². The van der Waals surface area contributed by atoms with E-state index in [-0.39, 0.29) is 18.1 Å². The van der Waals surface area contributed by atoms with Crippen LogP contribution in [0.2, 0.25) is 0 Å². The van der Waals surface area contributed by atoms with E-state index in [2.05, 4.69) is 5.10 Å². The minimum Gasteiger partial charge on any atom is -0.383 e. The molecule has 7 nitrogen and oxygen atoms in total. The van der Waals surface area contributed by atoms with E-state index in [0.717, 1.165) is 10.4 Å². The molecule has 112 valence electrons. The van der Waals surface area contributed by atoms with Crippen LogP contribution in [0.5, 0.6) is 0 Å². The first-order valence-electron chi connectivity index (χ1n) is 6.56. The molecule has 0 fully saturated rings. The van der Waals surface area contributed by atoms with E-state index < -0.39 is 0 Å². The van der Waals surface area contributed by atoms with Crippen LogP contribution < -0.4 is 10.6 Å². The lowest BCUT2D eigenvalue weighted by Crippen LogP contribution is -2.39. The topological polar surface area (TPSA) is 69.4 Å². The fourth-order valence-electron chi connectivity index (χ4n) is 1.93. The van der Waals surface area contributed by atoms with Gasteiger partial charge in [0.05, 0.1) is 6.61 Å². The van der Waals surface area contributed by atoms with Gasteiger partial charge in [-0.3, -0.25) is 9.36 Å². The summed E-state index contributed by atoms with van der Waals surface area (Å²) in [5.74, 6) is -0.209. The van der Waals surface area contributed by atoms with Gasteiger partial charge in [-0.15, -0.1) is 0 Å². The first-order valence-corrected chi connectivity index (χ1v) is 6.56. The molecule has 21 heavy (non-hydrogen) atoms. The molecule has 2 aromatic rings. The standard InChI is InChI=1S/C14H18N4O3/c1-16-11-15-18(14(16)20)10-13(19)17(8-9-21-2)12-6-4-3-5-7-12/h3-7,11H,8-10H2,1-2H3. The van der Waals surface area contributed by atoms with Crippen LogP contribution in [0, 0.1) is 0 Å². The number of nitrogens with zero attached hydrogens (tertiary/aromatic N) is 4. The normalized spacial score (nSPS) is 10.6. The van der Waals surface area contributed by atoms with Crippen LogP contribution in [0.3, 0.4) is 0 Å². The van der Waals surface area contributed by atoms with Crippen molar-refractivity contribution in [3.05, 3.63) is 47.1 Å². The molecular weight excluding hydrogens is 272 g/mol. The summed E-state index contributed by atoms with van der Waals surface area (Å²) < 4.78 is 7.51. The van der Waals surface area contributed by atoms with E-state index in [1.165, 1.54) is 10.9 Å². The molecule has 1 amide bonds. The van der Waals surface area contributed by atoms with Gasteiger partial charge in [0.15, 0.2) is 0 Å². The monoisotopic (exact) mass is 290 g/mol. The first kappa shape index (κ1) is 15.0. The Bertz CT molecular complexity index is 648. The van der Waals surface area contributed by atoms with Gasteiger partial charge in [-0.05, 0) is 12.1 Å². The molecule has 7 heteroatoms. The summed E-state index contributed by atoms with van der Waals surface area (Å²) in [4.78, 5) is 25.8. The Morgan fingerprint density at radius 1 is 1.33 bits per heavy atom. The van der Waals surface area contributed by atoms with Gasteiger partial charge in [-0.25, -0.2) is 9.48 Å².